The van der Waals surface area contributed by atoms with Crippen LogP contribution in [0, 0.1) is 5.82 Å². The van der Waals surface area contributed by atoms with Gasteiger partial charge in [-0.15, -0.1) is 11.3 Å². The standard InChI is InChI=1S/C21H17F4N3O4S/c1-31-16-6-3-11(7-17(16)32-2)19(30)28-20-27-13(10-33-20)9-18(29)26-12-4-5-15(22)14(8-12)21(23,24)25/h3-8,10H,9H2,1-2H3,(H,26,29)(H,27,28,30). The van der Waals surface area contributed by atoms with Gasteiger partial charge in [-0.25, -0.2) is 9.37 Å². The lowest BCUT2D eigenvalue weighted by Gasteiger charge is -2.10. The van der Waals surface area contributed by atoms with E-state index in [1.54, 1.807) is 6.07 Å². The molecular weight excluding hydrogens is 466 g/mol. The number of ether oxygens (including phenoxy) is 2. The lowest BCUT2D eigenvalue weighted by molar-refractivity contribution is -0.140. The molecule has 2 aromatic carbocycles. The molecule has 0 atom stereocenters. The summed E-state index contributed by atoms with van der Waals surface area (Å²) in [5, 5.41) is 6.61. The first-order valence-corrected chi connectivity index (χ1v) is 10.1. The Bertz CT molecular complexity index is 1180. The van der Waals surface area contributed by atoms with E-state index >= 15 is 0 Å². The first-order valence-electron chi connectivity index (χ1n) is 9.25. The van der Waals surface area contributed by atoms with Crippen molar-refractivity contribution in [3.05, 3.63) is 64.4 Å². The van der Waals surface area contributed by atoms with Crippen molar-refractivity contribution in [1.29, 1.82) is 0 Å². The Kier molecular flexibility index (Phi) is 7.16. The van der Waals surface area contributed by atoms with Gasteiger partial charge in [-0.3, -0.25) is 14.9 Å². The zero-order chi connectivity index (χ0) is 24.2. The molecule has 33 heavy (non-hydrogen) atoms. The first-order chi connectivity index (χ1) is 15.6. The van der Waals surface area contributed by atoms with E-state index in [0.717, 1.165) is 17.4 Å². The molecule has 0 saturated heterocycles. The highest BCUT2D eigenvalue weighted by atomic mass is 32.1. The summed E-state index contributed by atoms with van der Waals surface area (Å²) in [6.07, 6.45) is -5.15. The number of nitrogens with zero attached hydrogens (tertiary/aromatic N) is 1. The van der Waals surface area contributed by atoms with Crippen LogP contribution in [0.15, 0.2) is 41.8 Å². The van der Waals surface area contributed by atoms with Gasteiger partial charge in [-0.2, -0.15) is 13.2 Å². The van der Waals surface area contributed by atoms with Crippen LogP contribution in [0.3, 0.4) is 0 Å². The number of aromatic nitrogens is 1. The van der Waals surface area contributed by atoms with Gasteiger partial charge >= 0.3 is 6.18 Å². The van der Waals surface area contributed by atoms with Gasteiger partial charge in [-0.1, -0.05) is 0 Å². The van der Waals surface area contributed by atoms with Crippen LogP contribution >= 0.6 is 11.3 Å². The molecule has 0 bridgehead atoms. The van der Waals surface area contributed by atoms with Gasteiger partial charge in [0.25, 0.3) is 5.91 Å². The van der Waals surface area contributed by atoms with Crippen LogP contribution in [0.1, 0.15) is 21.6 Å². The molecular formula is C21H17F4N3O4S. The summed E-state index contributed by atoms with van der Waals surface area (Å²) in [5.41, 5.74) is -1.10. The topological polar surface area (TPSA) is 89.5 Å². The number of nitrogens with one attached hydrogen (secondary N) is 2. The van der Waals surface area contributed by atoms with E-state index in [1.165, 1.54) is 31.7 Å². The van der Waals surface area contributed by atoms with Gasteiger partial charge in [0.2, 0.25) is 5.91 Å². The van der Waals surface area contributed by atoms with Gasteiger partial charge in [0, 0.05) is 16.6 Å². The Morgan fingerprint density at radius 2 is 1.76 bits per heavy atom. The smallest absolute Gasteiger partial charge is 0.419 e. The van der Waals surface area contributed by atoms with Crippen LogP contribution in [-0.4, -0.2) is 31.0 Å². The first kappa shape index (κ1) is 24.0. The van der Waals surface area contributed by atoms with Gasteiger partial charge in [0.05, 0.1) is 31.9 Å². The van der Waals surface area contributed by atoms with E-state index in [0.29, 0.717) is 34.9 Å². The van der Waals surface area contributed by atoms with Crippen molar-refractivity contribution in [2.75, 3.05) is 24.9 Å². The Labute approximate surface area is 189 Å². The minimum Gasteiger partial charge on any atom is -0.493 e. The predicted molar refractivity (Wildman–Crippen MR) is 113 cm³/mol. The average molecular weight is 483 g/mol. The average Bonchev–Trinajstić information content (AvgIpc) is 3.20. The summed E-state index contributed by atoms with van der Waals surface area (Å²) in [4.78, 5) is 28.8. The van der Waals surface area contributed by atoms with Crippen molar-refractivity contribution in [2.45, 2.75) is 12.6 Å². The quantitative estimate of drug-likeness (QED) is 0.474. The highest BCUT2D eigenvalue weighted by Gasteiger charge is 2.34. The van der Waals surface area contributed by atoms with Crippen molar-refractivity contribution in [3.8, 4) is 11.5 Å². The largest absolute Gasteiger partial charge is 0.493 e. The second-order valence-electron chi connectivity index (χ2n) is 6.59. The molecule has 0 fully saturated rings. The van der Waals surface area contributed by atoms with Crippen LogP contribution in [-0.2, 0) is 17.4 Å². The summed E-state index contributed by atoms with van der Waals surface area (Å²) in [6.45, 7) is 0. The molecule has 2 amide bonds. The number of thiazole rings is 1. The number of carbonyl (C=O) groups is 2. The number of halogens is 4. The van der Waals surface area contributed by atoms with Crippen LogP contribution < -0.4 is 20.1 Å². The zero-order valence-corrected chi connectivity index (χ0v) is 18.1. The lowest BCUT2D eigenvalue weighted by Crippen LogP contribution is -2.16. The minimum absolute atomic E-state index is 0.203. The van der Waals surface area contributed by atoms with Crippen molar-refractivity contribution in [3.63, 3.8) is 0 Å². The van der Waals surface area contributed by atoms with E-state index in [-0.39, 0.29) is 17.2 Å². The third-order valence-electron chi connectivity index (χ3n) is 4.32. The molecule has 0 radical (unpaired) electrons. The molecule has 0 aliphatic rings. The van der Waals surface area contributed by atoms with Crippen molar-refractivity contribution in [1.82, 2.24) is 4.98 Å². The number of rotatable bonds is 7. The molecule has 1 aromatic heterocycles. The van der Waals surface area contributed by atoms with Crippen molar-refractivity contribution >= 4 is 34.0 Å². The van der Waals surface area contributed by atoms with E-state index in [2.05, 4.69) is 15.6 Å². The van der Waals surface area contributed by atoms with Gasteiger partial charge < -0.3 is 14.8 Å². The molecule has 0 aliphatic heterocycles. The number of methoxy groups -OCH3 is 2. The minimum atomic E-state index is -4.89. The van der Waals surface area contributed by atoms with Gasteiger partial charge in [0.15, 0.2) is 16.6 Å². The van der Waals surface area contributed by atoms with E-state index in [4.69, 9.17) is 9.47 Å². The van der Waals surface area contributed by atoms with Crippen molar-refractivity contribution < 1.29 is 36.6 Å². The van der Waals surface area contributed by atoms with E-state index in [9.17, 15) is 27.2 Å². The monoisotopic (exact) mass is 483 g/mol. The number of alkyl halides is 3. The number of amides is 2. The fourth-order valence-corrected chi connectivity index (χ4v) is 3.49. The van der Waals surface area contributed by atoms with Gasteiger partial charge in [0.1, 0.15) is 5.82 Å². The molecule has 7 nitrogen and oxygen atoms in total. The summed E-state index contributed by atoms with van der Waals surface area (Å²) in [6, 6.07) is 6.78. The molecule has 0 aliphatic carbocycles. The number of hydrogen-bond acceptors (Lipinski definition) is 6. The number of carbonyl (C=O) groups excluding carboxylic acids is 2. The highest BCUT2D eigenvalue weighted by Crippen LogP contribution is 2.33. The van der Waals surface area contributed by atoms with E-state index in [1.807, 2.05) is 0 Å². The number of hydrogen-bond donors (Lipinski definition) is 2. The maximum absolute atomic E-state index is 13.4. The van der Waals surface area contributed by atoms with Crippen LogP contribution in [0.5, 0.6) is 11.5 Å². The molecule has 0 saturated carbocycles. The maximum Gasteiger partial charge on any atom is 0.419 e. The third-order valence-corrected chi connectivity index (χ3v) is 5.12. The third kappa shape index (κ3) is 5.98. The molecule has 2 N–H and O–H groups in total. The normalized spacial score (nSPS) is 11.1. The predicted octanol–water partition coefficient (Wildman–Crippen LogP) is 4.75. The Morgan fingerprint density at radius 1 is 1.03 bits per heavy atom. The van der Waals surface area contributed by atoms with Crippen LogP contribution in [0.25, 0.3) is 0 Å². The fraction of sp³-hybridized carbons (Fsp3) is 0.190. The molecule has 12 heteroatoms. The summed E-state index contributed by atoms with van der Waals surface area (Å²) < 4.78 is 62.1. The lowest BCUT2D eigenvalue weighted by atomic mass is 10.1. The number of anilines is 2. The molecule has 3 rings (SSSR count). The van der Waals surface area contributed by atoms with Gasteiger partial charge in [-0.05, 0) is 36.4 Å². The Hall–Kier alpha value is -3.67. The Morgan fingerprint density at radius 3 is 2.42 bits per heavy atom. The van der Waals surface area contributed by atoms with Crippen LogP contribution in [0.4, 0.5) is 28.4 Å². The SMILES string of the molecule is COc1ccc(C(=O)Nc2nc(CC(=O)Nc3ccc(F)c(C(F)(F)F)c3)cs2)cc1OC. The molecule has 0 spiro atoms. The number of benzene rings is 2. The zero-order valence-electron chi connectivity index (χ0n) is 17.2. The van der Waals surface area contributed by atoms with E-state index < -0.39 is 29.4 Å². The molecule has 1 heterocycles. The summed E-state index contributed by atoms with van der Waals surface area (Å²) >= 11 is 1.07. The summed E-state index contributed by atoms with van der Waals surface area (Å²) in [7, 11) is 2.91. The van der Waals surface area contributed by atoms with Crippen molar-refractivity contribution in [2.24, 2.45) is 0 Å². The molecule has 0 unspecified atom stereocenters. The maximum atomic E-state index is 13.4. The summed E-state index contributed by atoms with van der Waals surface area (Å²) in [5.74, 6) is -1.73. The molecule has 3 aromatic rings. The second-order valence-corrected chi connectivity index (χ2v) is 7.44. The van der Waals surface area contributed by atoms with Crippen LogP contribution in [0.2, 0.25) is 0 Å². The Balaban J connectivity index is 1.63. The second kappa shape index (κ2) is 9.86. The highest BCUT2D eigenvalue weighted by molar-refractivity contribution is 7.14. The fourth-order valence-electron chi connectivity index (χ4n) is 2.78. The molecule has 174 valence electrons.